The SMILES string of the molecule is Cc1nn(-c2ccccc2)c(=O)c2[nH]c3ccccc3c12. The number of aromatic amines is 1. The minimum Gasteiger partial charge on any atom is -0.350 e. The third-order valence-corrected chi connectivity index (χ3v) is 3.72. The van der Waals surface area contributed by atoms with Crippen LogP contribution in [-0.2, 0) is 0 Å². The Labute approximate surface area is 120 Å². The molecule has 0 aliphatic carbocycles. The van der Waals surface area contributed by atoms with Crippen molar-refractivity contribution in [2.45, 2.75) is 6.92 Å². The molecule has 0 bridgehead atoms. The molecular weight excluding hydrogens is 262 g/mol. The zero-order valence-electron chi connectivity index (χ0n) is 11.5. The number of hydrogen-bond donors (Lipinski definition) is 1. The molecule has 0 spiro atoms. The molecule has 0 aliphatic rings. The summed E-state index contributed by atoms with van der Waals surface area (Å²) in [6.07, 6.45) is 0. The van der Waals surface area contributed by atoms with Crippen molar-refractivity contribution in [2.24, 2.45) is 0 Å². The molecule has 0 amide bonds. The van der Waals surface area contributed by atoms with Gasteiger partial charge in [-0.25, -0.2) is 0 Å². The van der Waals surface area contributed by atoms with Gasteiger partial charge in [-0.1, -0.05) is 36.4 Å². The summed E-state index contributed by atoms with van der Waals surface area (Å²) in [5.41, 5.74) is 3.04. The van der Waals surface area contributed by atoms with E-state index >= 15 is 0 Å². The van der Waals surface area contributed by atoms with Crippen LogP contribution in [0.3, 0.4) is 0 Å². The summed E-state index contributed by atoms with van der Waals surface area (Å²) in [6.45, 7) is 1.93. The van der Waals surface area contributed by atoms with Crippen LogP contribution in [-0.4, -0.2) is 14.8 Å². The first kappa shape index (κ1) is 11.9. The second kappa shape index (κ2) is 4.31. The van der Waals surface area contributed by atoms with E-state index in [2.05, 4.69) is 10.1 Å². The average molecular weight is 275 g/mol. The number of rotatable bonds is 1. The minimum atomic E-state index is -0.127. The van der Waals surface area contributed by atoms with Crippen LogP contribution in [0.1, 0.15) is 5.69 Å². The lowest BCUT2D eigenvalue weighted by Crippen LogP contribution is -2.22. The Morgan fingerprint density at radius 1 is 1.00 bits per heavy atom. The van der Waals surface area contributed by atoms with E-state index in [-0.39, 0.29) is 5.56 Å². The molecule has 4 nitrogen and oxygen atoms in total. The van der Waals surface area contributed by atoms with Crippen molar-refractivity contribution < 1.29 is 0 Å². The van der Waals surface area contributed by atoms with E-state index in [0.29, 0.717) is 5.52 Å². The van der Waals surface area contributed by atoms with E-state index < -0.39 is 0 Å². The van der Waals surface area contributed by atoms with Crippen molar-refractivity contribution >= 4 is 21.8 Å². The zero-order chi connectivity index (χ0) is 14.4. The fourth-order valence-corrected chi connectivity index (χ4v) is 2.77. The Morgan fingerprint density at radius 3 is 2.52 bits per heavy atom. The maximum Gasteiger partial charge on any atom is 0.295 e. The number of nitrogens with one attached hydrogen (secondary N) is 1. The first-order chi connectivity index (χ1) is 10.3. The number of aromatic nitrogens is 3. The number of H-pyrrole nitrogens is 1. The normalized spacial score (nSPS) is 11.3. The fraction of sp³-hybridized carbons (Fsp3) is 0.0588. The molecule has 0 aliphatic heterocycles. The molecule has 0 unspecified atom stereocenters. The van der Waals surface area contributed by atoms with E-state index in [1.807, 2.05) is 61.5 Å². The highest BCUT2D eigenvalue weighted by atomic mass is 16.1. The van der Waals surface area contributed by atoms with Gasteiger partial charge in [0.1, 0.15) is 5.52 Å². The summed E-state index contributed by atoms with van der Waals surface area (Å²) in [5, 5.41) is 6.42. The number of hydrogen-bond acceptors (Lipinski definition) is 2. The van der Waals surface area contributed by atoms with Crippen LogP contribution in [0.5, 0.6) is 0 Å². The van der Waals surface area contributed by atoms with E-state index in [9.17, 15) is 4.79 Å². The maximum atomic E-state index is 12.7. The summed E-state index contributed by atoms with van der Waals surface area (Å²) in [4.78, 5) is 15.9. The van der Waals surface area contributed by atoms with Crippen molar-refractivity contribution in [3.05, 3.63) is 70.6 Å². The van der Waals surface area contributed by atoms with Crippen LogP contribution in [0.2, 0.25) is 0 Å². The molecule has 2 aromatic heterocycles. The Morgan fingerprint density at radius 2 is 1.71 bits per heavy atom. The third kappa shape index (κ3) is 1.69. The Kier molecular flexibility index (Phi) is 2.44. The molecule has 0 saturated carbocycles. The molecule has 21 heavy (non-hydrogen) atoms. The molecule has 2 heterocycles. The highest BCUT2D eigenvalue weighted by Crippen LogP contribution is 2.25. The Hall–Kier alpha value is -2.88. The number of para-hydroxylation sites is 2. The van der Waals surface area contributed by atoms with Gasteiger partial charge in [-0.15, -0.1) is 0 Å². The number of nitrogens with zero attached hydrogens (tertiary/aromatic N) is 2. The molecule has 102 valence electrons. The summed E-state index contributed by atoms with van der Waals surface area (Å²) >= 11 is 0. The topological polar surface area (TPSA) is 50.7 Å². The van der Waals surface area contributed by atoms with Crippen LogP contribution >= 0.6 is 0 Å². The van der Waals surface area contributed by atoms with E-state index in [4.69, 9.17) is 0 Å². The average Bonchev–Trinajstić information content (AvgIpc) is 2.92. The Bertz CT molecular complexity index is 1010. The van der Waals surface area contributed by atoms with Gasteiger partial charge in [-0.2, -0.15) is 9.78 Å². The monoisotopic (exact) mass is 275 g/mol. The molecule has 0 atom stereocenters. The second-order valence-corrected chi connectivity index (χ2v) is 5.06. The van der Waals surface area contributed by atoms with Gasteiger partial charge in [0, 0.05) is 16.3 Å². The number of benzene rings is 2. The van der Waals surface area contributed by atoms with Gasteiger partial charge in [0.15, 0.2) is 0 Å². The van der Waals surface area contributed by atoms with Crippen molar-refractivity contribution in [3.63, 3.8) is 0 Å². The summed E-state index contributed by atoms with van der Waals surface area (Å²) in [7, 11) is 0. The maximum absolute atomic E-state index is 12.7. The predicted octanol–water partition coefficient (Wildman–Crippen LogP) is 3.18. The van der Waals surface area contributed by atoms with Gasteiger partial charge in [-0.05, 0) is 25.1 Å². The van der Waals surface area contributed by atoms with Crippen LogP contribution < -0.4 is 5.56 Å². The largest absolute Gasteiger partial charge is 0.350 e. The standard InChI is InChI=1S/C17H13N3O/c1-11-15-13-9-5-6-10-14(13)18-16(15)17(21)20(19-11)12-7-3-2-4-8-12/h2-10,18H,1H3. The first-order valence-electron chi connectivity index (χ1n) is 6.81. The second-order valence-electron chi connectivity index (χ2n) is 5.06. The molecule has 0 fully saturated rings. The fourth-order valence-electron chi connectivity index (χ4n) is 2.77. The van der Waals surface area contributed by atoms with Gasteiger partial charge in [0.25, 0.3) is 5.56 Å². The molecule has 4 aromatic rings. The molecule has 4 rings (SSSR count). The molecular formula is C17H13N3O. The highest BCUT2D eigenvalue weighted by molar-refractivity contribution is 6.07. The van der Waals surface area contributed by atoms with Crippen LogP contribution in [0.25, 0.3) is 27.5 Å². The molecule has 4 heteroatoms. The summed E-state index contributed by atoms with van der Waals surface area (Å²) < 4.78 is 1.45. The van der Waals surface area contributed by atoms with Crippen molar-refractivity contribution in [2.75, 3.05) is 0 Å². The molecule has 1 N–H and O–H groups in total. The van der Waals surface area contributed by atoms with Crippen molar-refractivity contribution in [1.82, 2.24) is 14.8 Å². The van der Waals surface area contributed by atoms with Gasteiger partial charge in [0.2, 0.25) is 0 Å². The predicted molar refractivity (Wildman–Crippen MR) is 83.9 cm³/mol. The number of fused-ring (bicyclic) bond motifs is 3. The third-order valence-electron chi connectivity index (χ3n) is 3.72. The molecule has 2 aromatic carbocycles. The molecule has 0 saturated heterocycles. The van der Waals surface area contributed by atoms with Gasteiger partial charge in [-0.3, -0.25) is 4.79 Å². The first-order valence-corrected chi connectivity index (χ1v) is 6.81. The molecule has 0 radical (unpaired) electrons. The van der Waals surface area contributed by atoms with Gasteiger partial charge in [0.05, 0.1) is 11.4 Å². The van der Waals surface area contributed by atoms with Crippen molar-refractivity contribution in [1.29, 1.82) is 0 Å². The lowest BCUT2D eigenvalue weighted by Gasteiger charge is -2.06. The zero-order valence-corrected chi connectivity index (χ0v) is 11.5. The summed E-state index contributed by atoms with van der Waals surface area (Å²) in [6, 6.07) is 17.4. The van der Waals surface area contributed by atoms with Crippen LogP contribution in [0.4, 0.5) is 0 Å². The van der Waals surface area contributed by atoms with E-state index in [0.717, 1.165) is 27.7 Å². The smallest absolute Gasteiger partial charge is 0.295 e. The van der Waals surface area contributed by atoms with E-state index in [1.165, 1.54) is 4.68 Å². The van der Waals surface area contributed by atoms with Crippen LogP contribution in [0, 0.1) is 6.92 Å². The minimum absolute atomic E-state index is 0.127. The lowest BCUT2D eigenvalue weighted by molar-refractivity contribution is 0.800. The summed E-state index contributed by atoms with van der Waals surface area (Å²) in [5.74, 6) is 0. The van der Waals surface area contributed by atoms with Crippen molar-refractivity contribution in [3.8, 4) is 5.69 Å². The Balaban J connectivity index is 2.16. The van der Waals surface area contributed by atoms with Gasteiger partial charge >= 0.3 is 0 Å². The van der Waals surface area contributed by atoms with Crippen LogP contribution in [0.15, 0.2) is 59.4 Å². The number of aryl methyl sites for hydroxylation is 1. The van der Waals surface area contributed by atoms with E-state index in [1.54, 1.807) is 0 Å². The highest BCUT2D eigenvalue weighted by Gasteiger charge is 2.14. The lowest BCUT2D eigenvalue weighted by atomic mass is 10.1. The van der Waals surface area contributed by atoms with Gasteiger partial charge < -0.3 is 4.98 Å². The quantitative estimate of drug-likeness (QED) is 0.580.